The average Bonchev–Trinajstić information content (AvgIpc) is 3.29. The maximum absolute atomic E-state index is 11.9. The van der Waals surface area contributed by atoms with E-state index in [-0.39, 0.29) is 17.6 Å². The summed E-state index contributed by atoms with van der Waals surface area (Å²) in [6.45, 7) is 5.42. The lowest BCUT2D eigenvalue weighted by atomic mass is 9.96. The monoisotopic (exact) mass is 464 g/mol. The van der Waals surface area contributed by atoms with Crippen molar-refractivity contribution in [3.05, 3.63) is 82.9 Å². The second-order valence-electron chi connectivity index (χ2n) is 8.15. The van der Waals surface area contributed by atoms with E-state index in [1.54, 1.807) is 25.4 Å². The van der Waals surface area contributed by atoms with Gasteiger partial charge in [0.25, 0.3) is 0 Å². The van der Waals surface area contributed by atoms with Gasteiger partial charge in [0.15, 0.2) is 5.11 Å². The topological polar surface area (TPSA) is 79.6 Å². The maximum Gasteiger partial charge on any atom is 0.337 e. The molecule has 0 spiro atoms. The van der Waals surface area contributed by atoms with Crippen LogP contribution in [-0.2, 0) is 4.74 Å². The second-order valence-corrected chi connectivity index (χ2v) is 8.54. The molecule has 1 saturated heterocycles. The van der Waals surface area contributed by atoms with Gasteiger partial charge in [-0.15, -0.1) is 0 Å². The molecular weight excluding hydrogens is 436 g/mol. The summed E-state index contributed by atoms with van der Waals surface area (Å²) in [6, 6.07) is 14.9. The highest BCUT2D eigenvalue weighted by atomic mass is 32.1. The van der Waals surface area contributed by atoms with E-state index in [0.717, 1.165) is 35.6 Å². The Balaban J connectivity index is 1.83. The summed E-state index contributed by atoms with van der Waals surface area (Å²) in [4.78, 5) is 18.7. The van der Waals surface area contributed by atoms with Crippen molar-refractivity contribution in [2.24, 2.45) is 0 Å². The van der Waals surface area contributed by atoms with Crippen LogP contribution in [-0.4, -0.2) is 50.9 Å². The maximum atomic E-state index is 11.9. The lowest BCUT2D eigenvalue weighted by molar-refractivity contribution is 0.0697. The Morgan fingerprint density at radius 3 is 2.67 bits per heavy atom. The molecule has 2 atom stereocenters. The van der Waals surface area contributed by atoms with Crippen LogP contribution in [0.5, 0.6) is 0 Å². The third-order valence-electron chi connectivity index (χ3n) is 6.11. The number of thiocarbonyl (C=S) groups is 1. The predicted octanol–water partition coefficient (Wildman–Crippen LogP) is 4.20. The van der Waals surface area contributed by atoms with Crippen molar-refractivity contribution in [3.63, 3.8) is 0 Å². The summed E-state index contributed by atoms with van der Waals surface area (Å²) in [5.41, 5.74) is 4.87. The van der Waals surface area contributed by atoms with Gasteiger partial charge in [-0.1, -0.05) is 18.2 Å². The van der Waals surface area contributed by atoms with Crippen LogP contribution in [0.15, 0.2) is 54.7 Å². The lowest BCUT2D eigenvalue weighted by Crippen LogP contribution is -2.31. The first-order valence-electron chi connectivity index (χ1n) is 10.9. The molecule has 7 nitrogen and oxygen atoms in total. The first-order chi connectivity index (χ1) is 15.9. The van der Waals surface area contributed by atoms with Crippen molar-refractivity contribution in [3.8, 4) is 5.69 Å². The Morgan fingerprint density at radius 1 is 1.21 bits per heavy atom. The number of hydrogen-bond acceptors (Lipinski definition) is 4. The molecule has 33 heavy (non-hydrogen) atoms. The number of para-hydroxylation sites is 1. The van der Waals surface area contributed by atoms with Crippen molar-refractivity contribution >= 4 is 23.3 Å². The Kier molecular flexibility index (Phi) is 6.76. The molecule has 0 saturated carbocycles. The highest BCUT2D eigenvalue weighted by Gasteiger charge is 2.41. The molecule has 2 N–H and O–H groups in total. The minimum atomic E-state index is -0.948. The highest BCUT2D eigenvalue weighted by Crippen LogP contribution is 2.41. The highest BCUT2D eigenvalue weighted by molar-refractivity contribution is 7.80. The van der Waals surface area contributed by atoms with E-state index >= 15 is 0 Å². The Hall–Kier alpha value is -3.23. The zero-order chi connectivity index (χ0) is 23.5. The zero-order valence-electron chi connectivity index (χ0n) is 19.0. The number of aryl methyl sites for hydroxylation is 1. The summed E-state index contributed by atoms with van der Waals surface area (Å²) in [5.74, 6) is -0.948. The van der Waals surface area contributed by atoms with Gasteiger partial charge in [0.2, 0.25) is 0 Å². The van der Waals surface area contributed by atoms with Gasteiger partial charge in [0.1, 0.15) is 0 Å². The molecule has 1 aromatic carbocycles. The minimum absolute atomic E-state index is 0.0822. The van der Waals surface area contributed by atoms with Crippen molar-refractivity contribution < 1.29 is 14.6 Å². The number of nitrogens with one attached hydrogen (secondary N) is 1. The molecule has 1 aliphatic rings. The minimum Gasteiger partial charge on any atom is -0.478 e. The van der Waals surface area contributed by atoms with Crippen LogP contribution >= 0.6 is 12.2 Å². The van der Waals surface area contributed by atoms with E-state index < -0.39 is 5.97 Å². The lowest BCUT2D eigenvalue weighted by Gasteiger charge is -2.28. The third kappa shape index (κ3) is 4.36. The molecule has 1 aliphatic heterocycles. The number of benzene rings is 1. The SMILES string of the molecule is COCCCN1C(=S)NC(c2ccccn2)C1c1cc(C)n(-c2ccccc2C(=O)O)c1C. The molecule has 1 fully saturated rings. The van der Waals surface area contributed by atoms with Gasteiger partial charge in [0.05, 0.1) is 29.0 Å². The molecule has 172 valence electrons. The van der Waals surface area contributed by atoms with E-state index in [4.69, 9.17) is 17.0 Å². The van der Waals surface area contributed by atoms with Crippen LogP contribution in [0.4, 0.5) is 0 Å². The number of carbonyl (C=O) groups is 1. The Morgan fingerprint density at radius 2 is 1.97 bits per heavy atom. The number of aromatic nitrogens is 2. The van der Waals surface area contributed by atoms with Gasteiger partial charge < -0.3 is 24.6 Å². The normalized spacial score (nSPS) is 17.9. The summed E-state index contributed by atoms with van der Waals surface area (Å²) < 4.78 is 7.28. The van der Waals surface area contributed by atoms with Crippen LogP contribution in [0.2, 0.25) is 0 Å². The number of methoxy groups -OCH3 is 1. The van der Waals surface area contributed by atoms with Crippen molar-refractivity contribution in [2.75, 3.05) is 20.3 Å². The smallest absolute Gasteiger partial charge is 0.337 e. The summed E-state index contributed by atoms with van der Waals surface area (Å²) in [5, 5.41) is 13.9. The Bertz CT molecular complexity index is 1160. The number of aromatic carboxylic acids is 1. The number of pyridine rings is 1. The first-order valence-corrected chi connectivity index (χ1v) is 11.3. The fourth-order valence-electron chi connectivity index (χ4n) is 4.67. The van der Waals surface area contributed by atoms with Gasteiger partial charge >= 0.3 is 5.97 Å². The largest absolute Gasteiger partial charge is 0.478 e. The summed E-state index contributed by atoms with van der Waals surface area (Å²) in [7, 11) is 1.70. The quantitative estimate of drug-likeness (QED) is 0.382. The molecule has 8 heteroatoms. The van der Waals surface area contributed by atoms with Gasteiger partial charge in [-0.25, -0.2) is 4.79 Å². The standard InChI is InChI=1S/C25H28N4O3S/c1-16-15-19(17(2)29(16)21-11-5-4-9-18(21)24(30)31)23-22(20-10-6-7-12-26-20)27-25(33)28(23)13-8-14-32-3/h4-7,9-12,15,22-23H,8,13-14H2,1-3H3,(H,27,33)(H,30,31). The van der Waals surface area contributed by atoms with Crippen LogP contribution in [0.3, 0.4) is 0 Å². The van der Waals surface area contributed by atoms with Crippen molar-refractivity contribution in [1.29, 1.82) is 0 Å². The fourth-order valence-corrected chi connectivity index (χ4v) is 5.00. The van der Waals surface area contributed by atoms with E-state index in [1.807, 2.05) is 48.7 Å². The zero-order valence-corrected chi connectivity index (χ0v) is 19.8. The van der Waals surface area contributed by atoms with Crippen LogP contribution in [0, 0.1) is 13.8 Å². The van der Waals surface area contributed by atoms with E-state index in [2.05, 4.69) is 21.3 Å². The van der Waals surface area contributed by atoms with E-state index in [0.29, 0.717) is 17.4 Å². The number of ether oxygens (including phenoxy) is 1. The van der Waals surface area contributed by atoms with Crippen molar-refractivity contribution in [2.45, 2.75) is 32.4 Å². The molecule has 2 unspecified atom stereocenters. The molecule has 0 radical (unpaired) electrons. The van der Waals surface area contributed by atoms with Gasteiger partial charge in [-0.2, -0.15) is 0 Å². The molecule has 0 aliphatic carbocycles. The van der Waals surface area contributed by atoms with E-state index in [9.17, 15) is 9.90 Å². The van der Waals surface area contributed by atoms with Crippen molar-refractivity contribution in [1.82, 2.24) is 19.8 Å². The molecule has 0 bridgehead atoms. The van der Waals surface area contributed by atoms with Gasteiger partial charge in [0, 0.05) is 37.8 Å². The summed E-state index contributed by atoms with van der Waals surface area (Å²) >= 11 is 5.74. The number of carboxylic acids is 1. The van der Waals surface area contributed by atoms with Crippen LogP contribution in [0.25, 0.3) is 5.69 Å². The van der Waals surface area contributed by atoms with Crippen LogP contribution < -0.4 is 5.32 Å². The van der Waals surface area contributed by atoms with Gasteiger partial charge in [-0.05, 0) is 68.4 Å². The number of carboxylic acid groups (broad SMARTS) is 1. The summed E-state index contributed by atoms with van der Waals surface area (Å²) in [6.07, 6.45) is 2.63. The molecule has 4 rings (SSSR count). The molecule has 2 aromatic heterocycles. The molecule has 0 amide bonds. The third-order valence-corrected chi connectivity index (χ3v) is 6.46. The predicted molar refractivity (Wildman–Crippen MR) is 131 cm³/mol. The van der Waals surface area contributed by atoms with Gasteiger partial charge in [-0.3, -0.25) is 4.98 Å². The number of hydrogen-bond donors (Lipinski definition) is 2. The molecular formula is C25H28N4O3S. The molecule has 3 heterocycles. The van der Waals surface area contributed by atoms with Crippen LogP contribution in [0.1, 0.15) is 51.5 Å². The number of rotatable bonds is 8. The second kappa shape index (κ2) is 9.72. The van der Waals surface area contributed by atoms with E-state index in [1.165, 1.54) is 0 Å². The average molecular weight is 465 g/mol. The Labute approximate surface area is 199 Å². The number of nitrogens with zero attached hydrogens (tertiary/aromatic N) is 3. The fraction of sp³-hybridized carbons (Fsp3) is 0.320. The molecule has 3 aromatic rings. The first kappa shape index (κ1) is 22.9.